The van der Waals surface area contributed by atoms with Gasteiger partial charge in [-0.15, -0.1) is 0 Å². The molecular weight excluding hydrogens is 334 g/mol. The summed E-state index contributed by atoms with van der Waals surface area (Å²) in [5.74, 6) is 0.935. The van der Waals surface area contributed by atoms with Crippen LogP contribution in [0.1, 0.15) is 5.56 Å². The maximum Gasteiger partial charge on any atom is 0.257 e. The van der Waals surface area contributed by atoms with E-state index in [-0.39, 0.29) is 5.95 Å². The summed E-state index contributed by atoms with van der Waals surface area (Å²) < 4.78 is 2.55. The lowest BCUT2D eigenvalue weighted by molar-refractivity contribution is 0.798. The Morgan fingerprint density at radius 2 is 2.10 bits per heavy atom. The summed E-state index contributed by atoms with van der Waals surface area (Å²) in [6, 6.07) is 9.76. The molecule has 1 aromatic carbocycles. The smallest absolute Gasteiger partial charge is 0.257 e. The fraction of sp³-hybridized carbons (Fsp3) is 0.0769. The lowest BCUT2D eigenvalue weighted by Gasteiger charge is -2.07. The Kier molecular flexibility index (Phi) is 3.78. The molecule has 3 rings (SSSR count). The van der Waals surface area contributed by atoms with Crippen molar-refractivity contribution in [2.45, 2.75) is 6.54 Å². The highest BCUT2D eigenvalue weighted by Gasteiger charge is 2.06. The van der Waals surface area contributed by atoms with E-state index in [1.807, 2.05) is 24.3 Å². The average Bonchev–Trinajstić information content (AvgIpc) is 2.99. The Hall–Kier alpha value is -2.48. The maximum atomic E-state index is 5.71. The van der Waals surface area contributed by atoms with E-state index in [1.54, 1.807) is 18.5 Å². The number of benzene rings is 1. The number of aromatic nitrogens is 5. The molecular formula is C13H12BrN7. The molecule has 0 aliphatic carbocycles. The molecule has 8 heteroatoms. The number of rotatable bonds is 4. The third-order valence-corrected chi connectivity index (χ3v) is 3.18. The van der Waals surface area contributed by atoms with Gasteiger partial charge in [0.1, 0.15) is 0 Å². The first-order valence-electron chi connectivity index (χ1n) is 6.20. The first-order chi connectivity index (χ1) is 10.2. The molecule has 0 unspecified atom stereocenters. The highest BCUT2D eigenvalue weighted by Crippen LogP contribution is 2.13. The minimum Gasteiger partial charge on any atom is -0.368 e. The van der Waals surface area contributed by atoms with Crippen LogP contribution >= 0.6 is 15.9 Å². The largest absolute Gasteiger partial charge is 0.368 e. The maximum absolute atomic E-state index is 5.71. The van der Waals surface area contributed by atoms with Gasteiger partial charge < -0.3 is 11.1 Å². The quantitative estimate of drug-likeness (QED) is 0.751. The van der Waals surface area contributed by atoms with Crippen molar-refractivity contribution < 1.29 is 0 Å². The summed E-state index contributed by atoms with van der Waals surface area (Å²) in [7, 11) is 0. The predicted molar refractivity (Wildman–Crippen MR) is 82.8 cm³/mol. The van der Waals surface area contributed by atoms with Crippen molar-refractivity contribution >= 4 is 27.8 Å². The lowest BCUT2D eigenvalue weighted by Crippen LogP contribution is -2.11. The van der Waals surface area contributed by atoms with Crippen LogP contribution in [0.2, 0.25) is 0 Å². The molecule has 2 heterocycles. The topological polar surface area (TPSA) is 94.5 Å². The molecule has 0 saturated carbocycles. The van der Waals surface area contributed by atoms with Gasteiger partial charge in [-0.05, 0) is 23.8 Å². The van der Waals surface area contributed by atoms with Gasteiger partial charge in [-0.3, -0.25) is 0 Å². The van der Waals surface area contributed by atoms with Gasteiger partial charge in [-0.2, -0.15) is 20.1 Å². The molecule has 0 amide bonds. The van der Waals surface area contributed by atoms with E-state index >= 15 is 0 Å². The van der Waals surface area contributed by atoms with Gasteiger partial charge in [-0.25, -0.2) is 4.68 Å². The second-order valence-corrected chi connectivity index (χ2v) is 5.17. The first-order valence-corrected chi connectivity index (χ1v) is 7.00. The zero-order valence-electron chi connectivity index (χ0n) is 10.9. The third kappa shape index (κ3) is 3.34. The molecule has 0 atom stereocenters. The van der Waals surface area contributed by atoms with Crippen LogP contribution in [-0.2, 0) is 6.54 Å². The number of nitrogens with two attached hydrogens (primary N) is 1. The van der Waals surface area contributed by atoms with Crippen molar-refractivity contribution in [1.29, 1.82) is 0 Å². The number of halogens is 1. The van der Waals surface area contributed by atoms with Gasteiger partial charge >= 0.3 is 0 Å². The summed E-state index contributed by atoms with van der Waals surface area (Å²) >= 11 is 3.44. The molecule has 0 fully saturated rings. The van der Waals surface area contributed by atoms with Gasteiger partial charge in [-0.1, -0.05) is 28.1 Å². The number of nitrogens with one attached hydrogen (secondary N) is 1. The Morgan fingerprint density at radius 3 is 2.86 bits per heavy atom. The Balaban J connectivity index is 1.79. The van der Waals surface area contributed by atoms with E-state index in [2.05, 4.69) is 41.3 Å². The second-order valence-electron chi connectivity index (χ2n) is 4.25. The summed E-state index contributed by atoms with van der Waals surface area (Å²) in [6.45, 7) is 0.585. The summed E-state index contributed by atoms with van der Waals surface area (Å²) in [4.78, 5) is 12.4. The normalized spacial score (nSPS) is 10.5. The van der Waals surface area contributed by atoms with Crippen LogP contribution in [-0.4, -0.2) is 24.7 Å². The van der Waals surface area contributed by atoms with Crippen molar-refractivity contribution in [3.05, 3.63) is 52.8 Å². The second kappa shape index (κ2) is 5.88. The van der Waals surface area contributed by atoms with E-state index in [0.717, 1.165) is 10.0 Å². The molecule has 7 nitrogen and oxygen atoms in total. The van der Waals surface area contributed by atoms with Crippen LogP contribution in [0.25, 0.3) is 5.95 Å². The number of hydrogen-bond donors (Lipinski definition) is 2. The van der Waals surface area contributed by atoms with Crippen molar-refractivity contribution in [2.24, 2.45) is 0 Å². The number of hydrogen-bond acceptors (Lipinski definition) is 6. The minimum absolute atomic E-state index is 0.146. The molecule has 3 N–H and O–H groups in total. The molecule has 0 aliphatic heterocycles. The molecule has 0 bridgehead atoms. The zero-order valence-corrected chi connectivity index (χ0v) is 12.5. The van der Waals surface area contributed by atoms with E-state index in [0.29, 0.717) is 18.4 Å². The summed E-state index contributed by atoms with van der Waals surface area (Å²) in [5.41, 5.74) is 6.81. The standard InChI is InChI=1S/C13H12BrN7/c14-10-4-1-3-9(7-10)8-16-12-18-11(15)19-13(20-12)21-6-2-5-17-21/h1-7H,8H2,(H3,15,16,18,19,20). The molecule has 21 heavy (non-hydrogen) atoms. The van der Waals surface area contributed by atoms with Crippen LogP contribution in [0.15, 0.2) is 47.2 Å². The van der Waals surface area contributed by atoms with Gasteiger partial charge in [0.05, 0.1) is 0 Å². The van der Waals surface area contributed by atoms with Crippen LogP contribution in [0.5, 0.6) is 0 Å². The number of anilines is 2. The van der Waals surface area contributed by atoms with Crippen LogP contribution in [0.4, 0.5) is 11.9 Å². The van der Waals surface area contributed by atoms with Gasteiger partial charge in [0.2, 0.25) is 11.9 Å². The monoisotopic (exact) mass is 345 g/mol. The summed E-state index contributed by atoms with van der Waals surface area (Å²) in [5, 5.41) is 7.20. The molecule has 3 aromatic rings. The van der Waals surface area contributed by atoms with E-state index in [4.69, 9.17) is 5.73 Å². The predicted octanol–water partition coefficient (Wildman–Crippen LogP) is 2.01. The molecule has 106 valence electrons. The number of nitrogen functional groups attached to an aromatic ring is 1. The van der Waals surface area contributed by atoms with Gasteiger partial charge in [0, 0.05) is 23.4 Å². The minimum atomic E-state index is 0.146. The van der Waals surface area contributed by atoms with Crippen LogP contribution in [0.3, 0.4) is 0 Å². The van der Waals surface area contributed by atoms with Crippen molar-refractivity contribution in [3.8, 4) is 5.95 Å². The van der Waals surface area contributed by atoms with E-state index in [9.17, 15) is 0 Å². The third-order valence-electron chi connectivity index (χ3n) is 2.69. The zero-order chi connectivity index (χ0) is 14.7. The molecule has 0 aliphatic rings. The van der Waals surface area contributed by atoms with Crippen molar-refractivity contribution in [1.82, 2.24) is 24.7 Å². The molecule has 0 radical (unpaired) electrons. The van der Waals surface area contributed by atoms with E-state index < -0.39 is 0 Å². The highest BCUT2D eigenvalue weighted by atomic mass is 79.9. The SMILES string of the molecule is Nc1nc(NCc2cccc(Br)c2)nc(-n2cccn2)n1. The fourth-order valence-corrected chi connectivity index (χ4v) is 2.22. The van der Waals surface area contributed by atoms with Crippen LogP contribution < -0.4 is 11.1 Å². The van der Waals surface area contributed by atoms with Crippen molar-refractivity contribution in [3.63, 3.8) is 0 Å². The first kappa shape index (κ1) is 13.5. The number of nitrogens with zero attached hydrogens (tertiary/aromatic N) is 5. The van der Waals surface area contributed by atoms with Gasteiger partial charge in [0.15, 0.2) is 0 Å². The Labute approximate surface area is 129 Å². The Morgan fingerprint density at radius 1 is 1.19 bits per heavy atom. The molecule has 2 aromatic heterocycles. The van der Waals surface area contributed by atoms with Crippen LogP contribution in [0, 0.1) is 0 Å². The van der Waals surface area contributed by atoms with E-state index in [1.165, 1.54) is 4.68 Å². The molecule has 0 saturated heterocycles. The average molecular weight is 346 g/mol. The Bertz CT molecular complexity index is 742. The summed E-state index contributed by atoms with van der Waals surface area (Å²) in [6.07, 6.45) is 3.39. The van der Waals surface area contributed by atoms with Gasteiger partial charge in [0.25, 0.3) is 5.95 Å². The molecule has 0 spiro atoms. The van der Waals surface area contributed by atoms with Crippen molar-refractivity contribution in [2.75, 3.05) is 11.1 Å². The lowest BCUT2D eigenvalue weighted by atomic mass is 10.2. The fourth-order valence-electron chi connectivity index (χ4n) is 1.78. The highest BCUT2D eigenvalue weighted by molar-refractivity contribution is 9.10.